The first-order chi connectivity index (χ1) is 5.40. The Kier molecular flexibility index (Phi) is 1.35. The van der Waals surface area contributed by atoms with Gasteiger partial charge < -0.3 is 0 Å². The summed E-state index contributed by atoms with van der Waals surface area (Å²) >= 11 is 0. The molecule has 0 aliphatic heterocycles. The number of hydrogen-bond donors (Lipinski definition) is 0. The Hall–Kier alpha value is -1.37. The molecule has 1 nitrogen and oxygen atoms in total. The van der Waals surface area contributed by atoms with E-state index < -0.39 is 0 Å². The van der Waals surface area contributed by atoms with E-state index in [1.807, 2.05) is 18.4 Å². The summed E-state index contributed by atoms with van der Waals surface area (Å²) in [5, 5.41) is 0. The molecule has 53 valence electrons. The second kappa shape index (κ2) is 2.35. The molecule has 2 rings (SSSR count). The van der Waals surface area contributed by atoms with Crippen molar-refractivity contribution in [3.8, 4) is 0 Å². The second-order valence-electron chi connectivity index (χ2n) is 2.62. The summed E-state index contributed by atoms with van der Waals surface area (Å²) in [6.07, 6.45) is 7.00. The van der Waals surface area contributed by atoms with Gasteiger partial charge in [0.05, 0.1) is 0 Å². The van der Waals surface area contributed by atoms with Gasteiger partial charge in [0.2, 0.25) is 6.29 Å². The quantitative estimate of drug-likeness (QED) is 0.585. The Morgan fingerprint density at radius 3 is 3.09 bits per heavy atom. The third-order valence-electron chi connectivity index (χ3n) is 1.90. The zero-order valence-electron chi connectivity index (χ0n) is 6.00. The van der Waals surface area contributed by atoms with Gasteiger partial charge in [-0.05, 0) is 23.6 Å². The van der Waals surface area contributed by atoms with Crippen LogP contribution in [0.3, 0.4) is 0 Å². The minimum absolute atomic E-state index is 0.646. The molecule has 0 atom stereocenters. The maximum atomic E-state index is 10.3. The summed E-state index contributed by atoms with van der Waals surface area (Å²) in [5.41, 5.74) is 3.10. The van der Waals surface area contributed by atoms with Crippen LogP contribution in [0, 0.1) is 0 Å². The molecule has 0 aromatic heterocycles. The summed E-state index contributed by atoms with van der Waals surface area (Å²) in [7, 11) is 0. The van der Waals surface area contributed by atoms with Crippen molar-refractivity contribution in [3.05, 3.63) is 41.0 Å². The maximum Gasteiger partial charge on any atom is 0.233 e. The molecule has 1 aliphatic carbocycles. The third-order valence-corrected chi connectivity index (χ3v) is 1.90. The molecule has 0 bridgehead atoms. The predicted octanol–water partition coefficient (Wildman–Crippen LogP) is 1.71. The molecule has 1 aliphatic rings. The standard InChI is InChI=1S/C10H7O/c11-7-8-4-5-9-2-1-3-10(9)6-8/h1-2,4-6H,3H2. The van der Waals surface area contributed by atoms with Gasteiger partial charge in [-0.3, -0.25) is 4.79 Å². The Morgan fingerprint density at radius 1 is 1.36 bits per heavy atom. The molecule has 0 amide bonds. The number of carbonyl (C=O) groups excluding carboxylic acids is 1. The molecule has 0 N–H and O–H groups in total. The Morgan fingerprint density at radius 2 is 2.27 bits per heavy atom. The van der Waals surface area contributed by atoms with E-state index in [-0.39, 0.29) is 0 Å². The molecule has 0 fully saturated rings. The van der Waals surface area contributed by atoms with E-state index in [1.54, 1.807) is 6.07 Å². The molecular formula is C10H7O. The first kappa shape index (κ1) is 6.35. The minimum Gasteiger partial charge on any atom is -0.285 e. The second-order valence-corrected chi connectivity index (χ2v) is 2.62. The average Bonchev–Trinajstić information content (AvgIpc) is 2.50. The van der Waals surface area contributed by atoms with Crippen molar-refractivity contribution in [2.45, 2.75) is 6.42 Å². The summed E-state index contributed by atoms with van der Waals surface area (Å²) < 4.78 is 0. The van der Waals surface area contributed by atoms with Gasteiger partial charge in [0, 0.05) is 5.56 Å². The highest BCUT2D eigenvalue weighted by atomic mass is 16.1. The van der Waals surface area contributed by atoms with E-state index in [9.17, 15) is 4.79 Å². The molecule has 11 heavy (non-hydrogen) atoms. The van der Waals surface area contributed by atoms with Crippen molar-refractivity contribution >= 4 is 12.4 Å². The summed E-state index contributed by atoms with van der Waals surface area (Å²) in [5.74, 6) is 0. The van der Waals surface area contributed by atoms with Crippen LogP contribution in [0.4, 0.5) is 0 Å². The minimum atomic E-state index is 0.646. The number of hydrogen-bond acceptors (Lipinski definition) is 1. The van der Waals surface area contributed by atoms with E-state index in [2.05, 4.69) is 12.2 Å². The lowest BCUT2D eigenvalue weighted by molar-refractivity contribution is 0.562. The summed E-state index contributed by atoms with van der Waals surface area (Å²) in [6, 6.07) is 5.64. The van der Waals surface area contributed by atoms with Crippen LogP contribution in [0.25, 0.3) is 6.08 Å². The number of benzene rings is 1. The maximum absolute atomic E-state index is 10.3. The molecular weight excluding hydrogens is 136 g/mol. The van der Waals surface area contributed by atoms with Crippen LogP contribution in [-0.2, 0) is 11.2 Å². The smallest absolute Gasteiger partial charge is 0.233 e. The zero-order chi connectivity index (χ0) is 7.68. The molecule has 0 saturated carbocycles. The van der Waals surface area contributed by atoms with Crippen molar-refractivity contribution in [1.82, 2.24) is 0 Å². The first-order valence-corrected chi connectivity index (χ1v) is 3.58. The highest BCUT2D eigenvalue weighted by Gasteiger charge is 2.04. The van der Waals surface area contributed by atoms with Gasteiger partial charge >= 0.3 is 0 Å². The van der Waals surface area contributed by atoms with Crippen LogP contribution in [0.15, 0.2) is 24.3 Å². The number of fused-ring (bicyclic) bond motifs is 1. The fourth-order valence-corrected chi connectivity index (χ4v) is 1.32. The van der Waals surface area contributed by atoms with Gasteiger partial charge in [0.25, 0.3) is 0 Å². The van der Waals surface area contributed by atoms with Gasteiger partial charge in [-0.1, -0.05) is 24.3 Å². The first-order valence-electron chi connectivity index (χ1n) is 3.58. The topological polar surface area (TPSA) is 17.1 Å². The Labute approximate surface area is 65.4 Å². The van der Waals surface area contributed by atoms with Crippen LogP contribution in [0.2, 0.25) is 0 Å². The van der Waals surface area contributed by atoms with E-state index >= 15 is 0 Å². The van der Waals surface area contributed by atoms with Gasteiger partial charge in [-0.15, -0.1) is 0 Å². The van der Waals surface area contributed by atoms with Gasteiger partial charge in [-0.2, -0.15) is 0 Å². The monoisotopic (exact) mass is 143 g/mol. The van der Waals surface area contributed by atoms with Crippen molar-refractivity contribution in [2.24, 2.45) is 0 Å². The summed E-state index contributed by atoms with van der Waals surface area (Å²) in [6.45, 7) is 0. The summed E-state index contributed by atoms with van der Waals surface area (Å²) in [4.78, 5) is 10.3. The lowest BCUT2D eigenvalue weighted by Gasteiger charge is -1.96. The molecule has 1 aromatic carbocycles. The van der Waals surface area contributed by atoms with E-state index in [0.29, 0.717) is 5.56 Å². The molecule has 1 aromatic rings. The zero-order valence-corrected chi connectivity index (χ0v) is 6.00. The lowest BCUT2D eigenvalue weighted by Crippen LogP contribution is -1.85. The predicted molar refractivity (Wildman–Crippen MR) is 44.0 cm³/mol. The fraction of sp³-hybridized carbons (Fsp3) is 0.100. The van der Waals surface area contributed by atoms with Crippen LogP contribution >= 0.6 is 0 Å². The van der Waals surface area contributed by atoms with E-state index in [0.717, 1.165) is 6.42 Å². The van der Waals surface area contributed by atoms with E-state index in [1.165, 1.54) is 11.1 Å². The normalized spacial score (nSPS) is 13.1. The lowest BCUT2D eigenvalue weighted by atomic mass is 10.1. The number of rotatable bonds is 1. The molecule has 1 radical (unpaired) electrons. The highest BCUT2D eigenvalue weighted by Crippen LogP contribution is 2.19. The molecule has 0 saturated heterocycles. The fourth-order valence-electron chi connectivity index (χ4n) is 1.32. The van der Waals surface area contributed by atoms with Crippen LogP contribution < -0.4 is 0 Å². The van der Waals surface area contributed by atoms with Gasteiger partial charge in [0.1, 0.15) is 0 Å². The van der Waals surface area contributed by atoms with Crippen LogP contribution in [0.1, 0.15) is 16.7 Å². The Balaban J connectivity index is 2.53. The van der Waals surface area contributed by atoms with Crippen molar-refractivity contribution < 1.29 is 4.79 Å². The van der Waals surface area contributed by atoms with Crippen LogP contribution in [-0.4, -0.2) is 6.29 Å². The molecule has 0 heterocycles. The molecule has 0 unspecified atom stereocenters. The third kappa shape index (κ3) is 0.984. The average molecular weight is 143 g/mol. The van der Waals surface area contributed by atoms with Gasteiger partial charge in [0.15, 0.2) is 0 Å². The van der Waals surface area contributed by atoms with Crippen molar-refractivity contribution in [3.63, 3.8) is 0 Å². The van der Waals surface area contributed by atoms with Crippen LogP contribution in [0.5, 0.6) is 0 Å². The van der Waals surface area contributed by atoms with E-state index in [4.69, 9.17) is 0 Å². The van der Waals surface area contributed by atoms with Gasteiger partial charge in [-0.25, -0.2) is 0 Å². The largest absolute Gasteiger partial charge is 0.285 e. The van der Waals surface area contributed by atoms with Crippen molar-refractivity contribution in [2.75, 3.05) is 0 Å². The Bertz CT molecular complexity index is 324. The molecule has 0 spiro atoms. The number of allylic oxidation sites excluding steroid dienone is 1. The SMILES string of the molecule is O=[C]c1ccc2c(c1)CC=C2. The highest BCUT2D eigenvalue weighted by molar-refractivity contribution is 5.77. The molecule has 1 heteroatoms. The van der Waals surface area contributed by atoms with Crippen molar-refractivity contribution in [1.29, 1.82) is 0 Å².